The Labute approximate surface area is 122 Å². The van der Waals surface area contributed by atoms with Gasteiger partial charge < -0.3 is 5.32 Å². The van der Waals surface area contributed by atoms with Crippen LogP contribution < -0.4 is 10.7 Å². The number of fused-ring (bicyclic) bond motifs is 1. The van der Waals surface area contributed by atoms with E-state index in [4.69, 9.17) is 0 Å². The molecule has 0 atom stereocenters. The van der Waals surface area contributed by atoms with Gasteiger partial charge in [-0.05, 0) is 10.8 Å². The molecule has 0 bridgehead atoms. The lowest BCUT2D eigenvalue weighted by Gasteiger charge is -2.02. The maximum absolute atomic E-state index is 11.4. The van der Waals surface area contributed by atoms with E-state index >= 15 is 0 Å². The van der Waals surface area contributed by atoms with Crippen molar-refractivity contribution in [2.24, 2.45) is 5.10 Å². The number of benzene rings is 2. The van der Waals surface area contributed by atoms with Crippen molar-refractivity contribution in [2.45, 2.75) is 0 Å². The minimum atomic E-state index is -0.812. The molecular weight excluding hydrogens is 266 g/mol. The quantitative estimate of drug-likeness (QED) is 0.387. The zero-order chi connectivity index (χ0) is 15.1. The lowest BCUT2D eigenvalue weighted by molar-refractivity contribution is -0.139. The van der Waals surface area contributed by atoms with Crippen molar-refractivity contribution >= 4 is 28.8 Å². The summed E-state index contributed by atoms with van der Waals surface area (Å²) in [5.41, 5.74) is 3.05. The fraction of sp³-hybridized carbons (Fsp3) is 0.0625. The summed E-state index contributed by atoms with van der Waals surface area (Å²) < 4.78 is 0. The molecule has 0 spiro atoms. The van der Waals surface area contributed by atoms with Gasteiger partial charge in [0.05, 0.1) is 6.21 Å². The molecule has 106 valence electrons. The second kappa shape index (κ2) is 7.00. The zero-order valence-corrected chi connectivity index (χ0v) is 11.4. The summed E-state index contributed by atoms with van der Waals surface area (Å²) in [4.78, 5) is 22.7. The second-order valence-corrected chi connectivity index (χ2v) is 4.27. The van der Waals surface area contributed by atoms with E-state index in [1.807, 2.05) is 42.5 Å². The fourth-order valence-electron chi connectivity index (χ4n) is 1.82. The number of carbonyl (C=O) groups excluding carboxylic acids is 2. The van der Waals surface area contributed by atoms with Crippen molar-refractivity contribution < 1.29 is 9.59 Å². The van der Waals surface area contributed by atoms with Crippen molar-refractivity contribution in [1.82, 2.24) is 10.7 Å². The van der Waals surface area contributed by atoms with E-state index in [1.54, 1.807) is 0 Å². The number of nitrogens with one attached hydrogen (secondary N) is 2. The largest absolute Gasteiger partial charge is 0.344 e. The molecule has 0 radical (unpaired) electrons. The first kappa shape index (κ1) is 14.5. The number of hydrazone groups is 1. The van der Waals surface area contributed by atoms with E-state index in [0.29, 0.717) is 0 Å². The molecule has 5 nitrogen and oxygen atoms in total. The third-order valence-corrected chi connectivity index (χ3v) is 2.81. The van der Waals surface area contributed by atoms with Gasteiger partial charge in [0.15, 0.2) is 0 Å². The average molecular weight is 281 g/mol. The first-order valence-corrected chi connectivity index (χ1v) is 6.42. The number of hydrogen-bond donors (Lipinski definition) is 2. The molecule has 0 unspecified atom stereocenters. The van der Waals surface area contributed by atoms with Gasteiger partial charge in [0.1, 0.15) is 0 Å². The molecule has 2 N–H and O–H groups in total. The highest BCUT2D eigenvalue weighted by atomic mass is 16.2. The summed E-state index contributed by atoms with van der Waals surface area (Å²) in [6.45, 7) is 3.68. The molecule has 5 heteroatoms. The van der Waals surface area contributed by atoms with Crippen molar-refractivity contribution in [3.05, 3.63) is 60.7 Å². The number of hydrogen-bond acceptors (Lipinski definition) is 3. The molecule has 21 heavy (non-hydrogen) atoms. The Morgan fingerprint density at radius 2 is 1.86 bits per heavy atom. The van der Waals surface area contributed by atoms with E-state index in [-0.39, 0.29) is 6.54 Å². The monoisotopic (exact) mass is 281 g/mol. The second-order valence-electron chi connectivity index (χ2n) is 4.27. The molecule has 0 aliphatic carbocycles. The van der Waals surface area contributed by atoms with Crippen LogP contribution in [0.4, 0.5) is 0 Å². The zero-order valence-electron chi connectivity index (χ0n) is 11.4. The highest BCUT2D eigenvalue weighted by Gasteiger charge is 2.10. The Bertz CT molecular complexity index is 702. The lowest BCUT2D eigenvalue weighted by Crippen LogP contribution is -2.37. The van der Waals surface area contributed by atoms with Crippen LogP contribution in [0.3, 0.4) is 0 Å². The topological polar surface area (TPSA) is 70.6 Å². The SMILES string of the molecule is C=CCNC(=O)C(=O)N/N=C\c1cccc2ccccc12. The van der Waals surface area contributed by atoms with Gasteiger partial charge in [-0.2, -0.15) is 5.10 Å². The predicted molar refractivity (Wildman–Crippen MR) is 82.9 cm³/mol. The molecule has 2 aromatic rings. The van der Waals surface area contributed by atoms with Crippen LogP contribution in [-0.2, 0) is 9.59 Å². The van der Waals surface area contributed by atoms with Crippen LogP contribution in [0.5, 0.6) is 0 Å². The molecule has 2 rings (SSSR count). The summed E-state index contributed by atoms with van der Waals surface area (Å²) in [5, 5.41) is 8.28. The molecule has 2 amide bonds. The molecule has 0 saturated heterocycles. The molecule has 0 aromatic heterocycles. The van der Waals surface area contributed by atoms with Crippen LogP contribution in [0.2, 0.25) is 0 Å². The lowest BCUT2D eigenvalue weighted by atomic mass is 10.1. The number of amides is 2. The average Bonchev–Trinajstić information content (AvgIpc) is 2.52. The van der Waals surface area contributed by atoms with E-state index in [9.17, 15) is 9.59 Å². The van der Waals surface area contributed by atoms with E-state index in [0.717, 1.165) is 16.3 Å². The van der Waals surface area contributed by atoms with Gasteiger partial charge in [-0.15, -0.1) is 6.58 Å². The first-order valence-electron chi connectivity index (χ1n) is 6.42. The molecule has 0 aliphatic rings. The van der Waals surface area contributed by atoms with Gasteiger partial charge in [0.2, 0.25) is 0 Å². The van der Waals surface area contributed by atoms with Crippen molar-refractivity contribution in [2.75, 3.05) is 6.54 Å². The third-order valence-electron chi connectivity index (χ3n) is 2.81. The van der Waals surface area contributed by atoms with E-state index in [2.05, 4.69) is 22.4 Å². The van der Waals surface area contributed by atoms with Crippen molar-refractivity contribution in [1.29, 1.82) is 0 Å². The summed E-state index contributed by atoms with van der Waals surface area (Å²) in [7, 11) is 0. The Morgan fingerprint density at radius 1 is 1.10 bits per heavy atom. The minimum absolute atomic E-state index is 0.235. The first-order chi connectivity index (χ1) is 10.2. The third kappa shape index (κ3) is 3.76. The van der Waals surface area contributed by atoms with Gasteiger partial charge in [0.25, 0.3) is 0 Å². The normalized spacial score (nSPS) is 10.5. The molecule has 2 aromatic carbocycles. The summed E-state index contributed by atoms with van der Waals surface area (Å²) in [5.74, 6) is -1.56. The van der Waals surface area contributed by atoms with Crippen molar-refractivity contribution in [3.63, 3.8) is 0 Å². The summed E-state index contributed by atoms with van der Waals surface area (Å²) in [6.07, 6.45) is 3.01. The van der Waals surface area contributed by atoms with Gasteiger partial charge >= 0.3 is 11.8 Å². The van der Waals surface area contributed by atoms with Gasteiger partial charge in [0, 0.05) is 12.1 Å². The molecule has 0 heterocycles. The molecule has 0 aliphatic heterocycles. The maximum atomic E-state index is 11.4. The Kier molecular flexibility index (Phi) is 4.82. The number of carbonyl (C=O) groups is 2. The Hall–Kier alpha value is -2.95. The van der Waals surface area contributed by atoms with Gasteiger partial charge in [-0.25, -0.2) is 5.43 Å². The predicted octanol–water partition coefficient (Wildman–Crippen LogP) is 1.59. The number of nitrogens with zero attached hydrogens (tertiary/aromatic N) is 1. The fourth-order valence-corrected chi connectivity index (χ4v) is 1.82. The van der Waals surface area contributed by atoms with Gasteiger partial charge in [-0.1, -0.05) is 48.5 Å². The van der Waals surface area contributed by atoms with Crippen LogP contribution in [0, 0.1) is 0 Å². The maximum Gasteiger partial charge on any atom is 0.329 e. The highest BCUT2D eigenvalue weighted by molar-refractivity contribution is 6.35. The summed E-state index contributed by atoms with van der Waals surface area (Å²) >= 11 is 0. The van der Waals surface area contributed by atoms with Crippen molar-refractivity contribution in [3.8, 4) is 0 Å². The standard InChI is InChI=1S/C16H15N3O2/c1-2-10-17-15(20)16(21)19-18-11-13-8-5-7-12-6-3-4-9-14(12)13/h2-9,11H,1,10H2,(H,17,20)(H,19,21)/b18-11-. The van der Waals surface area contributed by atoms with Crippen LogP contribution in [0.1, 0.15) is 5.56 Å². The van der Waals surface area contributed by atoms with Crippen LogP contribution in [0.25, 0.3) is 10.8 Å². The molecular formula is C16H15N3O2. The highest BCUT2D eigenvalue weighted by Crippen LogP contribution is 2.16. The Balaban J connectivity index is 2.05. The van der Waals surface area contributed by atoms with Crippen LogP contribution >= 0.6 is 0 Å². The molecule has 0 fully saturated rings. The van der Waals surface area contributed by atoms with Crippen LogP contribution in [0.15, 0.2) is 60.2 Å². The van der Waals surface area contributed by atoms with Gasteiger partial charge in [-0.3, -0.25) is 9.59 Å². The van der Waals surface area contributed by atoms with Crippen LogP contribution in [-0.4, -0.2) is 24.6 Å². The van der Waals surface area contributed by atoms with E-state index in [1.165, 1.54) is 12.3 Å². The number of rotatable bonds is 4. The van der Waals surface area contributed by atoms with E-state index < -0.39 is 11.8 Å². The summed E-state index contributed by atoms with van der Waals surface area (Å²) in [6, 6.07) is 13.6. The minimum Gasteiger partial charge on any atom is -0.344 e. The smallest absolute Gasteiger partial charge is 0.329 e. The molecule has 0 saturated carbocycles. The Morgan fingerprint density at radius 3 is 2.67 bits per heavy atom.